The van der Waals surface area contributed by atoms with Crippen molar-refractivity contribution in [2.45, 2.75) is 49.6 Å². The van der Waals surface area contributed by atoms with Crippen LogP contribution in [0.3, 0.4) is 0 Å². The normalized spacial score (nSPS) is 24.1. The van der Waals surface area contributed by atoms with Crippen molar-refractivity contribution in [3.8, 4) is 0 Å². The first-order valence-electron chi connectivity index (χ1n) is 11.4. The van der Waals surface area contributed by atoms with Crippen LogP contribution in [0.4, 0.5) is 26.3 Å². The first-order chi connectivity index (χ1) is 16.8. The molecule has 2 fully saturated rings. The fraction of sp³-hybridized carbons (Fsp3) is 0.440. The standard InChI is InChI=1S/C25H23ClF6N2O2/c26-18-3-1-14(2-4-18)20-13-33-7-5-21(20)34-8-6-19(35)12-22(34)23(36)15-9-16(24(27,28)29)11-17(10-15)25(30,31)32/h1-4,9-11,20-22,33H,5-8,12-13H2/t20-,21-,22-/m1/s1. The Balaban J connectivity index is 1.72. The van der Waals surface area contributed by atoms with Crippen LogP contribution in [0.2, 0.25) is 5.02 Å². The molecule has 36 heavy (non-hydrogen) atoms. The number of hydrogen-bond donors (Lipinski definition) is 1. The Hall–Kier alpha value is -2.43. The number of likely N-dealkylation sites (tertiary alicyclic amines) is 1. The van der Waals surface area contributed by atoms with Crippen molar-refractivity contribution in [3.63, 3.8) is 0 Å². The van der Waals surface area contributed by atoms with Crippen molar-refractivity contribution in [3.05, 3.63) is 69.7 Å². The van der Waals surface area contributed by atoms with Crippen molar-refractivity contribution < 1.29 is 35.9 Å². The number of carbonyl (C=O) groups is 2. The summed E-state index contributed by atoms with van der Waals surface area (Å²) in [6, 6.07) is 6.61. The zero-order valence-corrected chi connectivity index (χ0v) is 19.7. The smallest absolute Gasteiger partial charge is 0.316 e. The summed E-state index contributed by atoms with van der Waals surface area (Å²) in [5.74, 6) is -1.30. The van der Waals surface area contributed by atoms with Crippen molar-refractivity contribution >= 4 is 23.2 Å². The highest BCUT2D eigenvalue weighted by molar-refractivity contribution is 6.30. The molecule has 0 saturated carbocycles. The number of Topliss-reactive ketones (excluding diaryl/α,β-unsaturated/α-hetero) is 2. The number of rotatable bonds is 4. The summed E-state index contributed by atoms with van der Waals surface area (Å²) in [6.07, 6.45) is -9.69. The minimum atomic E-state index is -5.08. The Morgan fingerprint density at radius 2 is 1.58 bits per heavy atom. The predicted molar refractivity (Wildman–Crippen MR) is 121 cm³/mol. The molecular weight excluding hydrogens is 510 g/mol. The Bertz CT molecular complexity index is 1100. The van der Waals surface area contributed by atoms with Gasteiger partial charge in [-0.15, -0.1) is 0 Å². The minimum absolute atomic E-state index is 0.00998. The lowest BCUT2D eigenvalue weighted by Crippen LogP contribution is -2.57. The maximum Gasteiger partial charge on any atom is 0.416 e. The van der Waals surface area contributed by atoms with E-state index in [-0.39, 0.29) is 43.2 Å². The van der Waals surface area contributed by atoms with Crippen LogP contribution < -0.4 is 5.32 Å². The van der Waals surface area contributed by atoms with E-state index in [9.17, 15) is 35.9 Å². The molecule has 0 spiro atoms. The molecule has 0 amide bonds. The molecule has 2 heterocycles. The second-order valence-corrected chi connectivity index (χ2v) is 9.56. The SMILES string of the molecule is O=C1CCN([C@@H]2CCNC[C@@H]2c2ccc(Cl)cc2)[C@@H](C(=O)c2cc(C(F)(F)F)cc(C(F)(F)F)c2)C1. The van der Waals surface area contributed by atoms with Crippen molar-refractivity contribution in [1.82, 2.24) is 10.2 Å². The summed E-state index contributed by atoms with van der Waals surface area (Å²) < 4.78 is 80.3. The van der Waals surface area contributed by atoms with E-state index in [4.69, 9.17) is 11.6 Å². The third-order valence-corrected chi connectivity index (χ3v) is 7.07. The largest absolute Gasteiger partial charge is 0.416 e. The molecule has 0 radical (unpaired) electrons. The highest BCUT2D eigenvalue weighted by atomic mass is 35.5. The van der Waals surface area contributed by atoms with Gasteiger partial charge in [-0.1, -0.05) is 23.7 Å². The molecule has 2 aliphatic heterocycles. The number of halogens is 7. The number of nitrogens with zero attached hydrogens (tertiary/aromatic N) is 1. The monoisotopic (exact) mass is 532 g/mol. The number of benzene rings is 2. The zero-order valence-electron chi connectivity index (χ0n) is 18.9. The van der Waals surface area contributed by atoms with Crippen LogP contribution in [-0.4, -0.2) is 48.2 Å². The summed E-state index contributed by atoms with van der Waals surface area (Å²) in [4.78, 5) is 27.6. The van der Waals surface area contributed by atoms with Crippen molar-refractivity contribution in [2.75, 3.05) is 19.6 Å². The summed E-state index contributed by atoms with van der Waals surface area (Å²) in [6.45, 7) is 1.36. The minimum Gasteiger partial charge on any atom is -0.316 e. The highest BCUT2D eigenvalue weighted by Gasteiger charge is 2.43. The molecule has 11 heteroatoms. The zero-order chi connectivity index (χ0) is 26.3. The van der Waals surface area contributed by atoms with E-state index in [1.165, 1.54) is 0 Å². The van der Waals surface area contributed by atoms with E-state index in [1.807, 2.05) is 12.1 Å². The fourth-order valence-electron chi connectivity index (χ4n) is 5.07. The quantitative estimate of drug-likeness (QED) is 0.403. The van der Waals surface area contributed by atoms with Crippen molar-refractivity contribution in [1.29, 1.82) is 0 Å². The van der Waals surface area contributed by atoms with Gasteiger partial charge in [0.05, 0.1) is 17.2 Å². The van der Waals surface area contributed by atoms with Gasteiger partial charge in [-0.3, -0.25) is 14.5 Å². The van der Waals surface area contributed by atoms with E-state index in [2.05, 4.69) is 5.32 Å². The summed E-state index contributed by atoms with van der Waals surface area (Å²) in [5, 5.41) is 3.83. The van der Waals surface area contributed by atoms with Crippen LogP contribution in [0.15, 0.2) is 42.5 Å². The molecule has 2 saturated heterocycles. The lowest BCUT2D eigenvalue weighted by atomic mass is 9.82. The van der Waals surface area contributed by atoms with Gasteiger partial charge in [0, 0.05) is 48.5 Å². The molecule has 2 aliphatic rings. The van der Waals surface area contributed by atoms with E-state index in [0.29, 0.717) is 36.7 Å². The van der Waals surface area contributed by atoms with Crippen molar-refractivity contribution in [2.24, 2.45) is 0 Å². The Morgan fingerprint density at radius 1 is 0.972 bits per heavy atom. The van der Waals surface area contributed by atoms with E-state index in [1.54, 1.807) is 17.0 Å². The molecule has 0 aromatic heterocycles. The number of carbonyl (C=O) groups excluding carboxylic acids is 2. The third-order valence-electron chi connectivity index (χ3n) is 6.81. The average Bonchev–Trinajstić information content (AvgIpc) is 2.83. The summed E-state index contributed by atoms with van der Waals surface area (Å²) >= 11 is 6.01. The van der Waals surface area contributed by atoms with Crippen LogP contribution in [0.1, 0.15) is 52.2 Å². The lowest BCUT2D eigenvalue weighted by Gasteiger charge is -2.45. The van der Waals surface area contributed by atoms with Gasteiger partial charge < -0.3 is 5.32 Å². The van der Waals surface area contributed by atoms with Crippen LogP contribution in [0.5, 0.6) is 0 Å². The molecule has 4 rings (SSSR count). The molecule has 2 aromatic rings. The first kappa shape index (κ1) is 26.6. The van der Waals surface area contributed by atoms with Gasteiger partial charge in [-0.2, -0.15) is 26.3 Å². The Kier molecular flexibility index (Phi) is 7.50. The van der Waals surface area contributed by atoms with Gasteiger partial charge in [-0.05, 0) is 48.9 Å². The van der Waals surface area contributed by atoms with Gasteiger partial charge in [0.2, 0.25) is 0 Å². The van der Waals surface area contributed by atoms with E-state index in [0.717, 1.165) is 5.56 Å². The topological polar surface area (TPSA) is 49.4 Å². The number of ketones is 2. The van der Waals surface area contributed by atoms with Gasteiger partial charge >= 0.3 is 12.4 Å². The van der Waals surface area contributed by atoms with Gasteiger partial charge in [0.15, 0.2) is 5.78 Å². The molecule has 0 aliphatic carbocycles. The van der Waals surface area contributed by atoms with Crippen LogP contribution in [0.25, 0.3) is 0 Å². The fourth-order valence-corrected chi connectivity index (χ4v) is 5.19. The molecule has 2 aromatic carbocycles. The van der Waals surface area contributed by atoms with Gasteiger partial charge in [0.25, 0.3) is 0 Å². The number of nitrogens with one attached hydrogen (secondary N) is 1. The molecule has 3 atom stereocenters. The summed E-state index contributed by atoms with van der Waals surface area (Å²) in [7, 11) is 0. The summed E-state index contributed by atoms with van der Waals surface area (Å²) in [5.41, 5.74) is -2.90. The molecular formula is C25H23ClF6N2O2. The van der Waals surface area contributed by atoms with E-state index < -0.39 is 40.9 Å². The number of piperidine rings is 2. The Labute approximate surface area is 208 Å². The highest BCUT2D eigenvalue weighted by Crippen LogP contribution is 2.38. The van der Waals surface area contributed by atoms with Crippen LogP contribution in [-0.2, 0) is 17.1 Å². The maximum absolute atomic E-state index is 13.5. The molecule has 1 N–H and O–H groups in total. The molecule has 194 valence electrons. The Morgan fingerprint density at radius 3 is 2.17 bits per heavy atom. The first-order valence-corrected chi connectivity index (χ1v) is 11.8. The predicted octanol–water partition coefficient (Wildman–Crippen LogP) is 5.74. The second-order valence-electron chi connectivity index (χ2n) is 9.12. The van der Waals surface area contributed by atoms with Gasteiger partial charge in [0.1, 0.15) is 5.78 Å². The van der Waals surface area contributed by atoms with Crippen LogP contribution >= 0.6 is 11.6 Å². The van der Waals surface area contributed by atoms with Crippen LogP contribution in [0, 0.1) is 0 Å². The number of hydrogen-bond acceptors (Lipinski definition) is 4. The number of alkyl halides is 6. The maximum atomic E-state index is 13.5. The van der Waals surface area contributed by atoms with E-state index >= 15 is 0 Å². The van der Waals surface area contributed by atoms with Gasteiger partial charge in [-0.25, -0.2) is 0 Å². The molecule has 0 unspecified atom stereocenters. The third kappa shape index (κ3) is 5.76. The lowest BCUT2D eigenvalue weighted by molar-refractivity contribution is -0.143. The molecule has 4 nitrogen and oxygen atoms in total. The average molecular weight is 533 g/mol. The second kappa shape index (κ2) is 10.1. The molecule has 0 bridgehead atoms.